The van der Waals surface area contributed by atoms with Gasteiger partial charge in [-0.15, -0.1) is 23.1 Å². The van der Waals surface area contributed by atoms with Crippen LogP contribution < -0.4 is 16.0 Å². The minimum Gasteiger partial charge on any atom is -0.321 e. The van der Waals surface area contributed by atoms with Crippen molar-refractivity contribution in [2.45, 2.75) is 4.90 Å². The van der Waals surface area contributed by atoms with Gasteiger partial charge in [-0.2, -0.15) is 0 Å². The van der Waals surface area contributed by atoms with E-state index in [1.165, 1.54) is 47.4 Å². The van der Waals surface area contributed by atoms with Crippen molar-refractivity contribution in [3.05, 3.63) is 135 Å². The lowest BCUT2D eigenvalue weighted by Gasteiger charge is -2.12. The van der Waals surface area contributed by atoms with Crippen molar-refractivity contribution in [3.63, 3.8) is 0 Å². The molecule has 0 aliphatic carbocycles. The number of aromatic nitrogens is 1. The van der Waals surface area contributed by atoms with E-state index in [9.17, 15) is 18.8 Å². The molecule has 0 unspecified atom stereocenters. The van der Waals surface area contributed by atoms with Gasteiger partial charge in [0.25, 0.3) is 11.8 Å². The predicted molar refractivity (Wildman–Crippen MR) is 180 cm³/mol. The molecule has 5 aromatic rings. The van der Waals surface area contributed by atoms with Crippen LogP contribution in [-0.4, -0.2) is 28.5 Å². The molecule has 1 aromatic heterocycles. The van der Waals surface area contributed by atoms with Crippen LogP contribution in [-0.2, 0) is 9.59 Å². The van der Waals surface area contributed by atoms with Crippen LogP contribution in [0.4, 0.5) is 15.2 Å². The molecule has 0 aliphatic rings. The van der Waals surface area contributed by atoms with Gasteiger partial charge in [0.15, 0.2) is 5.13 Å². The third kappa shape index (κ3) is 8.80. The number of rotatable bonds is 10. The van der Waals surface area contributed by atoms with E-state index in [0.717, 1.165) is 0 Å². The van der Waals surface area contributed by atoms with Crippen LogP contribution in [0.1, 0.15) is 15.9 Å². The van der Waals surface area contributed by atoms with Crippen molar-refractivity contribution in [1.29, 1.82) is 0 Å². The summed E-state index contributed by atoms with van der Waals surface area (Å²) in [6.45, 7) is 0. The molecule has 3 N–H and O–H groups in total. The summed E-state index contributed by atoms with van der Waals surface area (Å²) in [6, 6.07) is 26.3. The van der Waals surface area contributed by atoms with E-state index in [1.807, 2.05) is 0 Å². The van der Waals surface area contributed by atoms with Crippen LogP contribution in [0.5, 0.6) is 0 Å². The maximum absolute atomic E-state index is 14.4. The number of anilines is 2. The van der Waals surface area contributed by atoms with Crippen LogP contribution in [0.15, 0.2) is 113 Å². The largest absolute Gasteiger partial charge is 0.321 e. The second-order valence-electron chi connectivity index (χ2n) is 9.38. The zero-order valence-corrected chi connectivity index (χ0v) is 26.4. The molecule has 0 radical (unpaired) electrons. The smallest absolute Gasteiger partial charge is 0.272 e. The van der Waals surface area contributed by atoms with Crippen molar-refractivity contribution in [3.8, 4) is 11.3 Å². The number of halogens is 3. The monoisotopic (exact) mass is 676 g/mol. The molecule has 0 fully saturated rings. The van der Waals surface area contributed by atoms with Crippen molar-refractivity contribution < 1.29 is 18.8 Å². The summed E-state index contributed by atoms with van der Waals surface area (Å²) in [7, 11) is 0. The number of carbonyl (C=O) groups is 3. The second-order valence-corrected chi connectivity index (χ2v) is 12.1. The molecule has 0 saturated heterocycles. The Hall–Kier alpha value is -4.48. The highest BCUT2D eigenvalue weighted by Gasteiger charge is 2.17. The molecular weight excluding hydrogens is 654 g/mol. The van der Waals surface area contributed by atoms with Gasteiger partial charge >= 0.3 is 0 Å². The number of carbonyl (C=O) groups excluding carboxylic acids is 3. The molecule has 5 rings (SSSR count). The minimum absolute atomic E-state index is 0.0829. The lowest BCUT2D eigenvalue weighted by Crippen LogP contribution is -2.30. The summed E-state index contributed by atoms with van der Waals surface area (Å²) < 4.78 is 14.4. The van der Waals surface area contributed by atoms with Crippen LogP contribution in [0.25, 0.3) is 17.3 Å². The minimum atomic E-state index is -0.650. The highest BCUT2D eigenvalue weighted by molar-refractivity contribution is 8.00. The molecule has 0 bridgehead atoms. The Morgan fingerprint density at radius 2 is 1.67 bits per heavy atom. The topological polar surface area (TPSA) is 100 Å². The fourth-order valence-corrected chi connectivity index (χ4v) is 6.00. The summed E-state index contributed by atoms with van der Waals surface area (Å²) in [5.74, 6) is -1.90. The Morgan fingerprint density at radius 3 is 2.44 bits per heavy atom. The maximum atomic E-state index is 14.4. The second kappa shape index (κ2) is 15.0. The van der Waals surface area contributed by atoms with Crippen LogP contribution in [0.3, 0.4) is 0 Å². The predicted octanol–water partition coefficient (Wildman–Crippen LogP) is 8.40. The molecule has 0 aliphatic heterocycles. The summed E-state index contributed by atoms with van der Waals surface area (Å²) >= 11 is 14.8. The number of hydrogen-bond donors (Lipinski definition) is 3. The number of nitrogens with zero attached hydrogens (tertiary/aromatic N) is 1. The fourth-order valence-electron chi connectivity index (χ4n) is 4.01. The number of benzene rings is 4. The first-order valence-corrected chi connectivity index (χ1v) is 15.9. The molecule has 1 heterocycles. The Morgan fingerprint density at radius 1 is 0.889 bits per heavy atom. The van der Waals surface area contributed by atoms with E-state index < -0.39 is 17.6 Å². The van der Waals surface area contributed by atoms with Crippen molar-refractivity contribution in [2.24, 2.45) is 0 Å². The highest BCUT2D eigenvalue weighted by atomic mass is 35.5. The summed E-state index contributed by atoms with van der Waals surface area (Å²) in [5, 5.41) is 11.3. The van der Waals surface area contributed by atoms with E-state index in [-0.39, 0.29) is 22.9 Å². The molecule has 0 saturated carbocycles. The SMILES string of the molecule is O=C(CSc1cccc(NC(=O)/C(=C/c2ccccc2F)NC(=O)c2ccccc2)c1)Nc1nc(-c2ccc(Cl)cc2Cl)cs1. The van der Waals surface area contributed by atoms with Gasteiger partial charge in [-0.05, 0) is 60.7 Å². The van der Waals surface area contributed by atoms with Gasteiger partial charge in [0, 0.05) is 37.7 Å². The molecule has 12 heteroatoms. The van der Waals surface area contributed by atoms with Crippen molar-refractivity contribution in [2.75, 3.05) is 16.4 Å². The lowest BCUT2D eigenvalue weighted by atomic mass is 10.1. The molecular formula is C33H23Cl2FN4O3S2. The number of nitrogens with one attached hydrogen (secondary N) is 3. The van der Waals surface area contributed by atoms with Gasteiger partial charge in [0.05, 0.1) is 16.5 Å². The standard InChI is InChI=1S/C33H23Cl2FN4O3S2/c34-22-13-14-25(26(35)16-22)29-18-45-33(39-29)40-30(41)19-44-24-11-6-10-23(17-24)37-32(43)28(15-21-9-4-5-12-27(21)36)38-31(42)20-7-2-1-3-8-20/h1-18H,19H2,(H,37,43)(H,38,42)(H,39,40,41)/b28-15-. The quantitative estimate of drug-likeness (QED) is 0.102. The lowest BCUT2D eigenvalue weighted by molar-refractivity contribution is -0.114. The zero-order valence-electron chi connectivity index (χ0n) is 23.2. The fraction of sp³-hybridized carbons (Fsp3) is 0.0303. The van der Waals surface area contributed by atoms with Crippen LogP contribution in [0, 0.1) is 5.82 Å². The summed E-state index contributed by atoms with van der Waals surface area (Å²) in [6.07, 6.45) is 1.28. The van der Waals surface area contributed by atoms with E-state index in [1.54, 1.807) is 84.2 Å². The molecule has 7 nitrogen and oxygen atoms in total. The molecule has 0 spiro atoms. The van der Waals surface area contributed by atoms with Crippen molar-refractivity contribution >= 4 is 80.9 Å². The Balaban J connectivity index is 1.23. The first-order chi connectivity index (χ1) is 21.7. The first kappa shape index (κ1) is 31.9. The first-order valence-electron chi connectivity index (χ1n) is 13.3. The highest BCUT2D eigenvalue weighted by Crippen LogP contribution is 2.32. The van der Waals surface area contributed by atoms with E-state index >= 15 is 0 Å². The Labute approximate surface area is 276 Å². The van der Waals surface area contributed by atoms with E-state index in [4.69, 9.17) is 23.2 Å². The number of thioether (sulfide) groups is 1. The molecule has 45 heavy (non-hydrogen) atoms. The summed E-state index contributed by atoms with van der Waals surface area (Å²) in [5.41, 5.74) is 2.07. The van der Waals surface area contributed by atoms with Gasteiger partial charge in [0.1, 0.15) is 11.5 Å². The molecule has 226 valence electrons. The third-order valence-corrected chi connectivity index (χ3v) is 8.45. The normalized spacial score (nSPS) is 11.1. The van der Waals surface area contributed by atoms with Crippen molar-refractivity contribution in [1.82, 2.24) is 10.3 Å². The van der Waals surface area contributed by atoms with Gasteiger partial charge in [0.2, 0.25) is 5.91 Å². The number of thiazole rings is 1. The molecule has 4 aromatic carbocycles. The van der Waals surface area contributed by atoms with Crippen LogP contribution in [0.2, 0.25) is 10.0 Å². The van der Waals surface area contributed by atoms with Gasteiger partial charge < -0.3 is 16.0 Å². The Bertz CT molecular complexity index is 1900. The van der Waals surface area contributed by atoms with E-state index in [0.29, 0.717) is 42.6 Å². The van der Waals surface area contributed by atoms with Gasteiger partial charge in [-0.1, -0.05) is 65.7 Å². The van der Waals surface area contributed by atoms with E-state index in [2.05, 4.69) is 20.9 Å². The summed E-state index contributed by atoms with van der Waals surface area (Å²) in [4.78, 5) is 44.0. The van der Waals surface area contributed by atoms with Gasteiger partial charge in [-0.25, -0.2) is 9.37 Å². The molecule has 0 atom stereocenters. The average Bonchev–Trinajstić information content (AvgIpc) is 3.49. The average molecular weight is 678 g/mol. The Kier molecular flexibility index (Phi) is 10.6. The number of amides is 3. The maximum Gasteiger partial charge on any atom is 0.272 e. The van der Waals surface area contributed by atoms with Crippen LogP contribution >= 0.6 is 46.3 Å². The molecule has 3 amide bonds. The third-order valence-electron chi connectivity index (χ3n) is 6.15. The van der Waals surface area contributed by atoms with Gasteiger partial charge in [-0.3, -0.25) is 14.4 Å². The number of hydrogen-bond acceptors (Lipinski definition) is 6. The zero-order chi connectivity index (χ0) is 31.8.